The Labute approximate surface area is 88.6 Å². The van der Waals surface area contributed by atoms with Crippen LogP contribution in [0.5, 0.6) is 0 Å². The topological polar surface area (TPSA) is 12.5 Å². The van der Waals surface area contributed by atoms with Gasteiger partial charge in [-0.25, -0.2) is 0 Å². The number of rotatable bonds is 5. The standard InChI is InChI=1S/C12H25NO/c1-4-12-7-6-8-13(11(12)3)9-10-14-5-2/h11-12H,4-10H2,1-3H3/t11-,12+/m0/s1. The summed E-state index contributed by atoms with van der Waals surface area (Å²) in [7, 11) is 0. The van der Waals surface area contributed by atoms with Crippen LogP contribution in [0, 0.1) is 5.92 Å². The summed E-state index contributed by atoms with van der Waals surface area (Å²) in [5.41, 5.74) is 0. The third-order valence-corrected chi connectivity index (χ3v) is 3.53. The van der Waals surface area contributed by atoms with Crippen molar-refractivity contribution in [2.75, 3.05) is 26.3 Å². The van der Waals surface area contributed by atoms with Gasteiger partial charge in [0.25, 0.3) is 0 Å². The zero-order valence-electron chi connectivity index (χ0n) is 9.96. The summed E-state index contributed by atoms with van der Waals surface area (Å²) in [6, 6.07) is 0.759. The number of ether oxygens (including phenoxy) is 1. The summed E-state index contributed by atoms with van der Waals surface area (Å²) in [6.45, 7) is 10.9. The minimum atomic E-state index is 0.759. The van der Waals surface area contributed by atoms with E-state index in [1.54, 1.807) is 0 Å². The molecule has 1 fully saturated rings. The molecular weight excluding hydrogens is 174 g/mol. The second kappa shape index (κ2) is 6.41. The minimum Gasteiger partial charge on any atom is -0.380 e. The Morgan fingerprint density at radius 3 is 2.79 bits per heavy atom. The molecule has 0 aromatic carbocycles. The molecule has 14 heavy (non-hydrogen) atoms. The van der Waals surface area contributed by atoms with Gasteiger partial charge in [0, 0.05) is 19.2 Å². The first kappa shape index (κ1) is 12.0. The summed E-state index contributed by atoms with van der Waals surface area (Å²) >= 11 is 0. The maximum absolute atomic E-state index is 5.41. The van der Waals surface area contributed by atoms with Crippen LogP contribution >= 0.6 is 0 Å². The van der Waals surface area contributed by atoms with Crippen molar-refractivity contribution in [3.8, 4) is 0 Å². The van der Waals surface area contributed by atoms with Crippen LogP contribution in [-0.2, 0) is 4.74 Å². The molecule has 2 heteroatoms. The number of likely N-dealkylation sites (tertiary alicyclic amines) is 1. The molecule has 1 saturated heterocycles. The van der Waals surface area contributed by atoms with Crippen LogP contribution in [0.4, 0.5) is 0 Å². The lowest BCUT2D eigenvalue weighted by Gasteiger charge is -2.39. The highest BCUT2D eigenvalue weighted by Crippen LogP contribution is 2.25. The highest BCUT2D eigenvalue weighted by atomic mass is 16.5. The average molecular weight is 199 g/mol. The summed E-state index contributed by atoms with van der Waals surface area (Å²) < 4.78 is 5.41. The van der Waals surface area contributed by atoms with Gasteiger partial charge in [-0.2, -0.15) is 0 Å². The van der Waals surface area contributed by atoms with Gasteiger partial charge in [-0.15, -0.1) is 0 Å². The average Bonchev–Trinajstić information content (AvgIpc) is 2.21. The molecule has 0 aromatic heterocycles. The molecule has 0 N–H and O–H groups in total. The second-order valence-electron chi connectivity index (χ2n) is 4.28. The first-order valence-corrected chi connectivity index (χ1v) is 6.11. The van der Waals surface area contributed by atoms with Crippen molar-refractivity contribution in [1.82, 2.24) is 4.90 Å². The molecule has 1 heterocycles. The van der Waals surface area contributed by atoms with E-state index in [0.29, 0.717) is 0 Å². The molecule has 2 atom stereocenters. The highest BCUT2D eigenvalue weighted by molar-refractivity contribution is 4.80. The van der Waals surface area contributed by atoms with Gasteiger partial charge in [0.05, 0.1) is 6.61 Å². The van der Waals surface area contributed by atoms with Gasteiger partial charge in [0.15, 0.2) is 0 Å². The third kappa shape index (κ3) is 3.25. The molecule has 1 rings (SSSR count). The van der Waals surface area contributed by atoms with Gasteiger partial charge < -0.3 is 4.74 Å². The van der Waals surface area contributed by atoms with Crippen LogP contribution in [0.15, 0.2) is 0 Å². The molecule has 0 radical (unpaired) electrons. The van der Waals surface area contributed by atoms with Gasteiger partial charge in [-0.05, 0) is 39.2 Å². The van der Waals surface area contributed by atoms with E-state index in [2.05, 4.69) is 25.7 Å². The van der Waals surface area contributed by atoms with E-state index in [1.807, 2.05) is 0 Å². The van der Waals surface area contributed by atoms with E-state index < -0.39 is 0 Å². The highest BCUT2D eigenvalue weighted by Gasteiger charge is 2.25. The van der Waals surface area contributed by atoms with Crippen LogP contribution in [-0.4, -0.2) is 37.2 Å². The quantitative estimate of drug-likeness (QED) is 0.631. The maximum atomic E-state index is 5.41. The Balaban J connectivity index is 2.28. The lowest BCUT2D eigenvalue weighted by atomic mass is 9.88. The molecule has 0 saturated carbocycles. The molecule has 0 bridgehead atoms. The summed E-state index contributed by atoms with van der Waals surface area (Å²) in [4.78, 5) is 2.59. The molecule has 1 aliphatic heterocycles. The van der Waals surface area contributed by atoms with Crippen molar-refractivity contribution >= 4 is 0 Å². The van der Waals surface area contributed by atoms with Gasteiger partial charge in [-0.3, -0.25) is 4.90 Å². The van der Waals surface area contributed by atoms with Crippen LogP contribution in [0.3, 0.4) is 0 Å². The van der Waals surface area contributed by atoms with Gasteiger partial charge in [-0.1, -0.05) is 13.3 Å². The van der Waals surface area contributed by atoms with E-state index >= 15 is 0 Å². The fraction of sp³-hybridized carbons (Fsp3) is 1.00. The smallest absolute Gasteiger partial charge is 0.0593 e. The van der Waals surface area contributed by atoms with E-state index in [-0.39, 0.29) is 0 Å². The molecule has 0 amide bonds. The molecule has 0 aliphatic carbocycles. The summed E-state index contributed by atoms with van der Waals surface area (Å²) in [5.74, 6) is 0.908. The van der Waals surface area contributed by atoms with Crippen molar-refractivity contribution < 1.29 is 4.74 Å². The maximum Gasteiger partial charge on any atom is 0.0593 e. The number of hydrogen-bond acceptors (Lipinski definition) is 2. The van der Waals surface area contributed by atoms with Crippen LogP contribution < -0.4 is 0 Å². The Morgan fingerprint density at radius 2 is 2.14 bits per heavy atom. The van der Waals surface area contributed by atoms with Crippen molar-refractivity contribution in [2.24, 2.45) is 5.92 Å². The number of nitrogens with zero attached hydrogens (tertiary/aromatic N) is 1. The Bertz CT molecular complexity index is 149. The van der Waals surface area contributed by atoms with E-state index in [0.717, 1.165) is 31.7 Å². The zero-order valence-corrected chi connectivity index (χ0v) is 9.96. The fourth-order valence-electron chi connectivity index (χ4n) is 2.49. The van der Waals surface area contributed by atoms with E-state index in [1.165, 1.54) is 25.8 Å². The Hall–Kier alpha value is -0.0800. The van der Waals surface area contributed by atoms with Crippen LogP contribution in [0.25, 0.3) is 0 Å². The lowest BCUT2D eigenvalue weighted by molar-refractivity contribution is 0.0570. The second-order valence-corrected chi connectivity index (χ2v) is 4.28. The lowest BCUT2D eigenvalue weighted by Crippen LogP contribution is -2.44. The van der Waals surface area contributed by atoms with E-state index in [9.17, 15) is 0 Å². The van der Waals surface area contributed by atoms with Crippen molar-refractivity contribution in [3.63, 3.8) is 0 Å². The molecule has 0 spiro atoms. The SMILES string of the molecule is CCOCCN1CCC[C@@H](CC)[C@@H]1C. The predicted octanol–water partition coefficient (Wildman–Crippen LogP) is 2.53. The zero-order chi connectivity index (χ0) is 10.4. The number of hydrogen-bond donors (Lipinski definition) is 0. The Kier molecular flexibility index (Phi) is 5.49. The number of piperidine rings is 1. The molecule has 84 valence electrons. The summed E-state index contributed by atoms with van der Waals surface area (Å²) in [6.07, 6.45) is 4.12. The first-order valence-electron chi connectivity index (χ1n) is 6.11. The normalized spacial score (nSPS) is 29.4. The molecule has 1 aliphatic rings. The van der Waals surface area contributed by atoms with Crippen molar-refractivity contribution in [2.45, 2.75) is 46.1 Å². The van der Waals surface area contributed by atoms with Gasteiger partial charge in [0.1, 0.15) is 0 Å². The third-order valence-electron chi connectivity index (χ3n) is 3.53. The van der Waals surface area contributed by atoms with Crippen molar-refractivity contribution in [3.05, 3.63) is 0 Å². The van der Waals surface area contributed by atoms with Gasteiger partial charge >= 0.3 is 0 Å². The fourth-order valence-corrected chi connectivity index (χ4v) is 2.49. The van der Waals surface area contributed by atoms with E-state index in [4.69, 9.17) is 4.74 Å². The predicted molar refractivity (Wildman–Crippen MR) is 60.5 cm³/mol. The van der Waals surface area contributed by atoms with Crippen molar-refractivity contribution in [1.29, 1.82) is 0 Å². The molecular formula is C12H25NO. The Morgan fingerprint density at radius 1 is 1.36 bits per heavy atom. The van der Waals surface area contributed by atoms with Gasteiger partial charge in [0.2, 0.25) is 0 Å². The molecule has 0 unspecified atom stereocenters. The monoisotopic (exact) mass is 199 g/mol. The minimum absolute atomic E-state index is 0.759. The first-order chi connectivity index (χ1) is 6.79. The molecule has 0 aromatic rings. The largest absolute Gasteiger partial charge is 0.380 e. The molecule has 2 nitrogen and oxygen atoms in total. The van der Waals surface area contributed by atoms with Crippen LogP contribution in [0.1, 0.15) is 40.0 Å². The van der Waals surface area contributed by atoms with Crippen LogP contribution in [0.2, 0.25) is 0 Å². The summed E-state index contributed by atoms with van der Waals surface area (Å²) in [5, 5.41) is 0.